The standard InChI is InChI=1S/C15H17N3O2/c1-16-13-14-12(17-10-20-14)7-8-18(15(13)19)9-11-5-3-2-4-6-11/h2-6,10,13,16H,7-9H2,1H3. The number of aromatic nitrogens is 1. The summed E-state index contributed by atoms with van der Waals surface area (Å²) in [6, 6.07) is 9.56. The Morgan fingerprint density at radius 3 is 2.95 bits per heavy atom. The van der Waals surface area contributed by atoms with E-state index in [1.54, 1.807) is 7.05 Å². The first-order chi connectivity index (χ1) is 9.79. The van der Waals surface area contributed by atoms with Crippen molar-refractivity contribution < 1.29 is 9.21 Å². The van der Waals surface area contributed by atoms with Gasteiger partial charge < -0.3 is 14.6 Å². The number of rotatable bonds is 3. The summed E-state index contributed by atoms with van der Waals surface area (Å²) in [7, 11) is 1.76. The van der Waals surface area contributed by atoms with Gasteiger partial charge in [0.1, 0.15) is 6.04 Å². The van der Waals surface area contributed by atoms with E-state index in [9.17, 15) is 4.79 Å². The lowest BCUT2D eigenvalue weighted by Gasteiger charge is -2.23. The van der Waals surface area contributed by atoms with Crippen molar-refractivity contribution in [3.05, 3.63) is 53.7 Å². The minimum atomic E-state index is -0.446. The van der Waals surface area contributed by atoms with Gasteiger partial charge in [-0.15, -0.1) is 0 Å². The number of carbonyl (C=O) groups is 1. The fourth-order valence-corrected chi connectivity index (χ4v) is 2.56. The van der Waals surface area contributed by atoms with Crippen LogP contribution in [0.3, 0.4) is 0 Å². The normalized spacial score (nSPS) is 18.8. The lowest BCUT2D eigenvalue weighted by molar-refractivity contribution is -0.134. The van der Waals surface area contributed by atoms with Crippen LogP contribution in [0.5, 0.6) is 0 Å². The average molecular weight is 271 g/mol. The number of oxazole rings is 1. The van der Waals surface area contributed by atoms with E-state index in [0.29, 0.717) is 18.8 Å². The molecule has 3 rings (SSSR count). The number of hydrogen-bond acceptors (Lipinski definition) is 4. The Bertz CT molecular complexity index is 594. The fourth-order valence-electron chi connectivity index (χ4n) is 2.56. The Kier molecular flexibility index (Phi) is 3.52. The van der Waals surface area contributed by atoms with Crippen LogP contribution in [0.1, 0.15) is 23.1 Å². The summed E-state index contributed by atoms with van der Waals surface area (Å²) in [4.78, 5) is 18.7. The molecule has 5 nitrogen and oxygen atoms in total. The minimum Gasteiger partial charge on any atom is -0.446 e. The van der Waals surface area contributed by atoms with Gasteiger partial charge in [-0.2, -0.15) is 0 Å². The number of fused-ring (bicyclic) bond motifs is 1. The summed E-state index contributed by atoms with van der Waals surface area (Å²) in [5, 5.41) is 3.03. The summed E-state index contributed by atoms with van der Waals surface area (Å²) < 4.78 is 5.39. The van der Waals surface area contributed by atoms with Crippen LogP contribution in [-0.4, -0.2) is 29.4 Å². The zero-order valence-electron chi connectivity index (χ0n) is 11.4. The van der Waals surface area contributed by atoms with Gasteiger partial charge in [0.15, 0.2) is 12.2 Å². The van der Waals surface area contributed by atoms with Crippen molar-refractivity contribution in [2.24, 2.45) is 0 Å². The second-order valence-electron chi connectivity index (χ2n) is 4.88. The number of benzene rings is 1. The quantitative estimate of drug-likeness (QED) is 0.919. The van der Waals surface area contributed by atoms with E-state index in [0.717, 1.165) is 17.7 Å². The Morgan fingerprint density at radius 2 is 2.20 bits per heavy atom. The van der Waals surface area contributed by atoms with Crippen LogP contribution in [0.4, 0.5) is 0 Å². The van der Waals surface area contributed by atoms with Crippen molar-refractivity contribution in [3.8, 4) is 0 Å². The first kappa shape index (κ1) is 12.9. The zero-order valence-corrected chi connectivity index (χ0v) is 11.4. The first-order valence-corrected chi connectivity index (χ1v) is 6.72. The molecule has 0 saturated heterocycles. The maximum absolute atomic E-state index is 12.6. The molecular weight excluding hydrogens is 254 g/mol. The lowest BCUT2D eigenvalue weighted by Crippen LogP contribution is -2.38. The number of amides is 1. The molecule has 0 radical (unpaired) electrons. The van der Waals surface area contributed by atoms with Gasteiger partial charge in [0.2, 0.25) is 5.91 Å². The molecule has 1 aliphatic heterocycles. The number of hydrogen-bond donors (Lipinski definition) is 1. The first-order valence-electron chi connectivity index (χ1n) is 6.72. The Hall–Kier alpha value is -2.14. The highest BCUT2D eigenvalue weighted by molar-refractivity contribution is 5.83. The molecule has 0 spiro atoms. The van der Waals surface area contributed by atoms with E-state index in [4.69, 9.17) is 4.42 Å². The zero-order chi connectivity index (χ0) is 13.9. The van der Waals surface area contributed by atoms with E-state index in [2.05, 4.69) is 10.3 Å². The SMILES string of the molecule is CNC1C(=O)N(Cc2ccccc2)CCc2ncoc21. The third-order valence-electron chi connectivity index (χ3n) is 3.62. The monoisotopic (exact) mass is 271 g/mol. The van der Waals surface area contributed by atoms with Gasteiger partial charge in [-0.25, -0.2) is 4.98 Å². The molecule has 2 heterocycles. The van der Waals surface area contributed by atoms with Crippen LogP contribution in [0.2, 0.25) is 0 Å². The van der Waals surface area contributed by atoms with E-state index in [-0.39, 0.29) is 5.91 Å². The molecule has 1 aromatic carbocycles. The second-order valence-corrected chi connectivity index (χ2v) is 4.88. The smallest absolute Gasteiger partial charge is 0.247 e. The van der Waals surface area contributed by atoms with Gasteiger partial charge in [-0.05, 0) is 12.6 Å². The number of likely N-dealkylation sites (N-methyl/N-ethyl adjacent to an activating group) is 1. The molecule has 0 bridgehead atoms. The van der Waals surface area contributed by atoms with Gasteiger partial charge in [-0.3, -0.25) is 4.79 Å². The molecular formula is C15H17N3O2. The van der Waals surface area contributed by atoms with Crippen molar-refractivity contribution in [2.75, 3.05) is 13.6 Å². The molecule has 1 aromatic heterocycles. The molecule has 104 valence electrons. The number of carbonyl (C=O) groups excluding carboxylic acids is 1. The van der Waals surface area contributed by atoms with Gasteiger partial charge in [0.05, 0.1) is 5.69 Å². The van der Waals surface area contributed by atoms with E-state index in [1.807, 2.05) is 35.2 Å². The third kappa shape index (κ3) is 2.32. The maximum atomic E-state index is 12.6. The van der Waals surface area contributed by atoms with Gasteiger partial charge in [0, 0.05) is 19.5 Å². The molecule has 20 heavy (non-hydrogen) atoms. The molecule has 1 N–H and O–H groups in total. The largest absolute Gasteiger partial charge is 0.446 e. The van der Waals surface area contributed by atoms with Crippen molar-refractivity contribution in [3.63, 3.8) is 0 Å². The van der Waals surface area contributed by atoms with Crippen molar-refractivity contribution in [2.45, 2.75) is 19.0 Å². The highest BCUT2D eigenvalue weighted by Gasteiger charge is 2.32. The Balaban J connectivity index is 1.84. The molecule has 1 aliphatic rings. The molecule has 0 aliphatic carbocycles. The second kappa shape index (κ2) is 5.46. The van der Waals surface area contributed by atoms with Crippen molar-refractivity contribution in [1.82, 2.24) is 15.2 Å². The predicted octanol–water partition coefficient (Wildman–Crippen LogP) is 1.52. The van der Waals surface area contributed by atoms with Crippen LogP contribution >= 0.6 is 0 Å². The van der Waals surface area contributed by atoms with Crippen molar-refractivity contribution in [1.29, 1.82) is 0 Å². The van der Waals surface area contributed by atoms with Crippen LogP contribution in [-0.2, 0) is 17.8 Å². The summed E-state index contributed by atoms with van der Waals surface area (Å²) >= 11 is 0. The number of nitrogens with zero attached hydrogens (tertiary/aromatic N) is 2. The predicted molar refractivity (Wildman–Crippen MR) is 73.9 cm³/mol. The van der Waals surface area contributed by atoms with Gasteiger partial charge in [0.25, 0.3) is 0 Å². The topological polar surface area (TPSA) is 58.4 Å². The molecule has 0 fully saturated rings. The Morgan fingerprint density at radius 1 is 1.40 bits per heavy atom. The maximum Gasteiger partial charge on any atom is 0.247 e. The minimum absolute atomic E-state index is 0.0341. The third-order valence-corrected chi connectivity index (χ3v) is 3.62. The van der Waals surface area contributed by atoms with Gasteiger partial charge >= 0.3 is 0 Å². The Labute approximate surface area is 117 Å². The van der Waals surface area contributed by atoms with E-state index < -0.39 is 6.04 Å². The van der Waals surface area contributed by atoms with Crippen LogP contribution in [0.15, 0.2) is 41.1 Å². The summed E-state index contributed by atoms with van der Waals surface area (Å²) in [6.45, 7) is 1.27. The fraction of sp³-hybridized carbons (Fsp3) is 0.333. The summed E-state index contributed by atoms with van der Waals surface area (Å²) in [5.41, 5.74) is 2.00. The number of nitrogens with one attached hydrogen (secondary N) is 1. The van der Waals surface area contributed by atoms with E-state index >= 15 is 0 Å². The lowest BCUT2D eigenvalue weighted by atomic mass is 10.1. The molecule has 1 amide bonds. The highest BCUT2D eigenvalue weighted by Crippen LogP contribution is 2.24. The molecule has 2 aromatic rings. The average Bonchev–Trinajstić information content (AvgIpc) is 2.89. The van der Waals surface area contributed by atoms with Crippen molar-refractivity contribution >= 4 is 5.91 Å². The molecule has 1 unspecified atom stereocenters. The van der Waals surface area contributed by atoms with Crippen LogP contribution in [0.25, 0.3) is 0 Å². The summed E-state index contributed by atoms with van der Waals surface area (Å²) in [5.74, 6) is 0.680. The summed E-state index contributed by atoms with van der Waals surface area (Å²) in [6.07, 6.45) is 2.14. The molecule has 5 heteroatoms. The molecule has 0 saturated carbocycles. The van der Waals surface area contributed by atoms with Crippen LogP contribution in [0, 0.1) is 0 Å². The highest BCUT2D eigenvalue weighted by atomic mass is 16.3. The van der Waals surface area contributed by atoms with Gasteiger partial charge in [-0.1, -0.05) is 30.3 Å². The molecule has 1 atom stereocenters. The van der Waals surface area contributed by atoms with E-state index in [1.165, 1.54) is 6.39 Å². The van der Waals surface area contributed by atoms with Crippen LogP contribution < -0.4 is 5.32 Å².